The molecule has 0 atom stereocenters. The zero-order chi connectivity index (χ0) is 4.41. The van der Waals surface area contributed by atoms with Crippen LogP contribution in [0.2, 0.25) is 0 Å². The first-order chi connectivity index (χ1) is 2.89. The predicted molar refractivity (Wildman–Crippen MR) is 23.6 cm³/mol. The van der Waals surface area contributed by atoms with Crippen LogP contribution < -0.4 is 0 Å². The molecule has 1 aliphatic heterocycles. The summed E-state index contributed by atoms with van der Waals surface area (Å²) < 4.78 is 6.57. The first kappa shape index (κ1) is 4.24. The minimum absolute atomic E-state index is 0.316. The molecule has 0 saturated heterocycles. The third-order valence-corrected chi connectivity index (χ3v) is 2.71. The summed E-state index contributed by atoms with van der Waals surface area (Å²) in [5, 5.41) is 8.46. The number of allylic oxidation sites excluding steroid dienone is 1. The van der Waals surface area contributed by atoms with Crippen LogP contribution in [0, 0.1) is 0 Å². The molecule has 0 aromatic heterocycles. The van der Waals surface area contributed by atoms with Gasteiger partial charge in [-0.25, -0.2) is 0 Å². The van der Waals surface area contributed by atoms with Gasteiger partial charge in [-0.2, -0.15) is 0 Å². The van der Waals surface area contributed by atoms with E-state index in [4.69, 9.17) is 7.96 Å². The fourth-order valence-corrected chi connectivity index (χ4v) is 1.73. The third kappa shape index (κ3) is 0.772. The summed E-state index contributed by atoms with van der Waals surface area (Å²) >= 11 is -0.837. The Morgan fingerprint density at radius 1 is 1.83 bits per heavy atom. The summed E-state index contributed by atoms with van der Waals surface area (Å²) in [6, 6.07) is 0. The van der Waals surface area contributed by atoms with E-state index < -0.39 is 22.9 Å². The molecule has 1 N–H and O–H groups in total. The summed E-state index contributed by atoms with van der Waals surface area (Å²) in [4.78, 5) is 0. The Morgan fingerprint density at radius 2 is 2.67 bits per heavy atom. The molecule has 0 amide bonds. The maximum absolute atomic E-state index is 8.46. The summed E-state index contributed by atoms with van der Waals surface area (Å²) in [7, 11) is 0. The van der Waals surface area contributed by atoms with E-state index in [1.807, 2.05) is 0 Å². The molecule has 0 fully saturated rings. The van der Waals surface area contributed by atoms with Crippen LogP contribution >= 0.6 is 0 Å². The molecule has 0 aliphatic carbocycles. The van der Waals surface area contributed by atoms with Crippen molar-refractivity contribution in [3.05, 3.63) is 12.0 Å². The van der Waals surface area contributed by atoms with Crippen molar-refractivity contribution in [1.29, 1.82) is 0 Å². The van der Waals surface area contributed by atoms with Crippen LogP contribution in [0.5, 0.6) is 0 Å². The van der Waals surface area contributed by atoms with Crippen LogP contribution in [-0.2, 0) is 2.85 Å². The molecule has 1 heterocycles. The molecule has 1 aliphatic rings. The summed E-state index contributed by atoms with van der Waals surface area (Å²) in [6.45, 7) is 0. The third-order valence-electron chi connectivity index (χ3n) is 0.506. The summed E-state index contributed by atoms with van der Waals surface area (Å²) in [6.07, 6.45) is 1.40. The van der Waals surface area contributed by atoms with E-state index in [1.54, 1.807) is 3.76 Å². The van der Waals surface area contributed by atoms with Crippen LogP contribution in [0.25, 0.3) is 0 Å². The normalized spacial score (nSPS) is 15.7. The second-order valence-corrected chi connectivity index (χ2v) is 3.49. The Balaban J connectivity index is 2.68. The zero-order valence-corrected chi connectivity index (χ0v) is 6.38. The molecule has 0 spiro atoms. The van der Waals surface area contributed by atoms with Gasteiger partial charge in [0.2, 0.25) is 0 Å². The van der Waals surface area contributed by atoms with E-state index in [9.17, 15) is 0 Å². The molecule has 0 aromatic rings. The maximum atomic E-state index is 8.46. The van der Waals surface area contributed by atoms with Crippen LogP contribution in [-0.4, -0.2) is 31.7 Å². The molecular weight excluding hydrogens is 183 g/mol. The van der Waals surface area contributed by atoms with Gasteiger partial charge in [-0.05, 0) is 0 Å². The Morgan fingerprint density at radius 3 is 2.83 bits per heavy atom. The van der Waals surface area contributed by atoms with E-state index >= 15 is 0 Å². The fourth-order valence-electron chi connectivity index (χ4n) is 0.257. The van der Waals surface area contributed by atoms with Crippen molar-refractivity contribution in [2.45, 2.75) is 0 Å². The van der Waals surface area contributed by atoms with Gasteiger partial charge in [-0.3, -0.25) is 0 Å². The predicted octanol–water partition coefficient (Wildman–Crippen LogP) is -0.163. The van der Waals surface area contributed by atoms with Gasteiger partial charge in [0.15, 0.2) is 0 Å². The number of rotatable bonds is 0. The Bertz CT molecular complexity index is 103. The molecule has 0 saturated carbocycles. The standard InChI is InChI=1S/C3H4O2.In/c1-3(5)2-4;/h1-2,4-5H;/q;+1/p-1. The van der Waals surface area contributed by atoms with Gasteiger partial charge in [0.25, 0.3) is 0 Å². The van der Waals surface area contributed by atoms with E-state index in [-0.39, 0.29) is 0 Å². The van der Waals surface area contributed by atoms with E-state index in [0.29, 0.717) is 5.76 Å². The van der Waals surface area contributed by atoms with Gasteiger partial charge >= 0.3 is 46.6 Å². The number of hydrogen-bond donors (Lipinski definition) is 1. The molecule has 2 nitrogen and oxygen atoms in total. The van der Waals surface area contributed by atoms with Crippen molar-refractivity contribution in [1.82, 2.24) is 0 Å². The molecule has 0 aromatic carbocycles. The molecule has 30 valence electrons. The van der Waals surface area contributed by atoms with Crippen LogP contribution in [0.3, 0.4) is 0 Å². The molecule has 3 heteroatoms. The Hall–Kier alpha value is 0.0801. The molecule has 1 rings (SSSR count). The van der Waals surface area contributed by atoms with Crippen molar-refractivity contribution < 1.29 is 7.96 Å². The Kier molecular flexibility index (Phi) is 1.19. The van der Waals surface area contributed by atoms with Crippen LogP contribution in [0.4, 0.5) is 0 Å². The minimum atomic E-state index is -0.837. The van der Waals surface area contributed by atoms with Gasteiger partial charge in [0.05, 0.1) is 0 Å². The molecular formula is C3H3InO2. The quantitative estimate of drug-likeness (QED) is 0.569. The Labute approximate surface area is 46.9 Å². The summed E-state index contributed by atoms with van der Waals surface area (Å²) in [5.41, 5.74) is 0. The zero-order valence-electron chi connectivity index (χ0n) is 3.09. The van der Waals surface area contributed by atoms with Crippen molar-refractivity contribution in [2.75, 3.05) is 0 Å². The van der Waals surface area contributed by atoms with E-state index in [1.165, 1.54) is 6.26 Å². The monoisotopic (exact) mass is 186 g/mol. The van der Waals surface area contributed by atoms with Crippen LogP contribution in [0.1, 0.15) is 0 Å². The van der Waals surface area contributed by atoms with Gasteiger partial charge in [-0.1, -0.05) is 0 Å². The van der Waals surface area contributed by atoms with Crippen molar-refractivity contribution in [2.24, 2.45) is 0 Å². The van der Waals surface area contributed by atoms with E-state index in [2.05, 4.69) is 0 Å². The van der Waals surface area contributed by atoms with Gasteiger partial charge in [-0.15, -0.1) is 0 Å². The van der Waals surface area contributed by atoms with Crippen molar-refractivity contribution in [3.8, 4) is 0 Å². The number of aliphatic hydroxyl groups is 1. The van der Waals surface area contributed by atoms with Gasteiger partial charge in [0.1, 0.15) is 0 Å². The first-order valence-electron chi connectivity index (χ1n) is 1.61. The second kappa shape index (κ2) is 1.69. The number of aliphatic hydroxyl groups excluding tert-OH is 1. The molecule has 0 bridgehead atoms. The van der Waals surface area contributed by atoms with Gasteiger partial charge < -0.3 is 0 Å². The first-order valence-corrected chi connectivity index (χ1v) is 4.85. The fraction of sp³-hybridized carbons (Fsp3) is 0. The molecule has 0 radical (unpaired) electrons. The van der Waals surface area contributed by atoms with Crippen molar-refractivity contribution >= 4 is 26.6 Å². The molecule has 6 heavy (non-hydrogen) atoms. The van der Waals surface area contributed by atoms with Crippen LogP contribution in [0.15, 0.2) is 12.0 Å². The van der Waals surface area contributed by atoms with E-state index in [0.717, 1.165) is 0 Å². The SMILES string of the molecule is OC1=C[O][In]=[CH]1. The van der Waals surface area contributed by atoms with Crippen molar-refractivity contribution in [3.63, 3.8) is 0 Å². The topological polar surface area (TPSA) is 29.5 Å². The number of hydrogen-bond acceptors (Lipinski definition) is 2. The second-order valence-electron chi connectivity index (χ2n) is 0.982. The molecule has 0 unspecified atom stereocenters. The van der Waals surface area contributed by atoms with Gasteiger partial charge in [0, 0.05) is 0 Å². The average molecular weight is 186 g/mol. The summed E-state index contributed by atoms with van der Waals surface area (Å²) in [5.74, 6) is 0.316. The average Bonchev–Trinajstić information content (AvgIpc) is 1.86.